The maximum absolute atomic E-state index is 12.7. The van der Waals surface area contributed by atoms with E-state index in [1.54, 1.807) is 0 Å². The summed E-state index contributed by atoms with van der Waals surface area (Å²) in [6, 6.07) is 16.6. The summed E-state index contributed by atoms with van der Waals surface area (Å²) in [7, 11) is 0. The number of amides is 2. The summed E-state index contributed by atoms with van der Waals surface area (Å²) in [6.45, 7) is 4.03. The molecule has 0 saturated carbocycles. The number of carbonyl (C=O) groups is 2. The van der Waals surface area contributed by atoms with Gasteiger partial charge in [0.1, 0.15) is 11.8 Å². The third-order valence-corrected chi connectivity index (χ3v) is 4.76. The Morgan fingerprint density at radius 2 is 1.85 bits per heavy atom. The summed E-state index contributed by atoms with van der Waals surface area (Å²) >= 11 is 0. The molecule has 3 rings (SSSR count). The van der Waals surface area contributed by atoms with Gasteiger partial charge in [0.25, 0.3) is 5.91 Å². The van der Waals surface area contributed by atoms with Crippen molar-refractivity contribution in [1.82, 2.24) is 5.32 Å². The van der Waals surface area contributed by atoms with Crippen molar-refractivity contribution >= 4 is 23.2 Å². The Balaban J connectivity index is 1.74. The van der Waals surface area contributed by atoms with Crippen LogP contribution in [0.5, 0.6) is 0 Å². The fourth-order valence-corrected chi connectivity index (χ4v) is 3.09. The summed E-state index contributed by atoms with van der Waals surface area (Å²) in [5.74, 6) is -0.791. The lowest BCUT2D eigenvalue weighted by molar-refractivity contribution is -0.119. The number of hydrazone groups is 1. The number of nitrogens with two attached hydrogens (primary N) is 1. The van der Waals surface area contributed by atoms with E-state index in [1.807, 2.05) is 49.4 Å². The Morgan fingerprint density at radius 3 is 2.44 bits per heavy atom. The quantitative estimate of drug-likeness (QED) is 0.826. The van der Waals surface area contributed by atoms with Crippen molar-refractivity contribution in [3.8, 4) is 0 Å². The Hall–Kier alpha value is -3.15. The van der Waals surface area contributed by atoms with E-state index in [0.717, 1.165) is 17.7 Å². The van der Waals surface area contributed by atoms with Gasteiger partial charge in [-0.05, 0) is 36.6 Å². The molecule has 2 unspecified atom stereocenters. The second kappa shape index (κ2) is 8.03. The zero-order valence-corrected chi connectivity index (χ0v) is 15.6. The van der Waals surface area contributed by atoms with Crippen LogP contribution in [0.1, 0.15) is 37.4 Å². The molecule has 0 fully saturated rings. The predicted molar refractivity (Wildman–Crippen MR) is 106 cm³/mol. The van der Waals surface area contributed by atoms with Crippen molar-refractivity contribution in [2.75, 3.05) is 5.01 Å². The molecule has 0 saturated heterocycles. The second-order valence-electron chi connectivity index (χ2n) is 6.64. The molecule has 2 amide bonds. The van der Waals surface area contributed by atoms with E-state index in [0.29, 0.717) is 5.71 Å². The number of benzene rings is 2. The molecule has 0 aromatic heterocycles. The van der Waals surface area contributed by atoms with Gasteiger partial charge in [-0.2, -0.15) is 5.10 Å². The first kappa shape index (κ1) is 18.6. The lowest BCUT2D eigenvalue weighted by Gasteiger charge is -2.20. The smallest absolute Gasteiger partial charge is 0.268 e. The van der Waals surface area contributed by atoms with Crippen LogP contribution in [0.3, 0.4) is 0 Å². The van der Waals surface area contributed by atoms with Crippen molar-refractivity contribution in [1.29, 1.82) is 0 Å². The molecule has 3 N–H and O–H groups in total. The molecule has 2 aromatic rings. The Kier molecular flexibility index (Phi) is 5.54. The third kappa shape index (κ3) is 4.16. The molecule has 0 bridgehead atoms. The van der Waals surface area contributed by atoms with Crippen LogP contribution in [-0.2, 0) is 16.0 Å². The summed E-state index contributed by atoms with van der Waals surface area (Å²) < 4.78 is 0. The molecular formula is C21H24N4O2. The SMILES string of the molecule is CCc1ccc(C(C)NC(=O)C2=NN(c3ccccc3)C(C(N)=O)C2)cc1. The Morgan fingerprint density at radius 1 is 1.19 bits per heavy atom. The summed E-state index contributed by atoms with van der Waals surface area (Å²) in [5, 5.41) is 8.86. The van der Waals surface area contributed by atoms with Gasteiger partial charge in [-0.15, -0.1) is 0 Å². The first-order valence-corrected chi connectivity index (χ1v) is 9.10. The molecule has 1 heterocycles. The van der Waals surface area contributed by atoms with Crippen LogP contribution in [0.4, 0.5) is 5.69 Å². The topological polar surface area (TPSA) is 87.8 Å². The van der Waals surface area contributed by atoms with Gasteiger partial charge in [0.2, 0.25) is 5.91 Å². The third-order valence-electron chi connectivity index (χ3n) is 4.76. The van der Waals surface area contributed by atoms with E-state index < -0.39 is 11.9 Å². The van der Waals surface area contributed by atoms with Crippen LogP contribution in [0.2, 0.25) is 0 Å². The number of nitrogens with one attached hydrogen (secondary N) is 1. The lowest BCUT2D eigenvalue weighted by atomic mass is 10.0. The summed E-state index contributed by atoms with van der Waals surface area (Å²) in [4.78, 5) is 24.5. The highest BCUT2D eigenvalue weighted by Crippen LogP contribution is 2.24. The maximum Gasteiger partial charge on any atom is 0.268 e. The number of nitrogens with zero attached hydrogens (tertiary/aromatic N) is 2. The molecule has 0 spiro atoms. The normalized spacial score (nSPS) is 17.3. The molecule has 0 radical (unpaired) electrons. The van der Waals surface area contributed by atoms with Gasteiger partial charge >= 0.3 is 0 Å². The Labute approximate surface area is 159 Å². The summed E-state index contributed by atoms with van der Waals surface area (Å²) in [6.07, 6.45) is 1.17. The van der Waals surface area contributed by atoms with Crippen LogP contribution in [0, 0.1) is 0 Å². The number of para-hydroxylation sites is 1. The van der Waals surface area contributed by atoms with Crippen molar-refractivity contribution in [2.24, 2.45) is 10.8 Å². The number of anilines is 1. The van der Waals surface area contributed by atoms with Crippen molar-refractivity contribution in [2.45, 2.75) is 38.8 Å². The molecular weight excluding hydrogens is 340 g/mol. The van der Waals surface area contributed by atoms with E-state index in [-0.39, 0.29) is 18.4 Å². The molecule has 6 heteroatoms. The number of primary amides is 1. The minimum absolute atomic E-state index is 0.163. The zero-order valence-electron chi connectivity index (χ0n) is 15.6. The van der Waals surface area contributed by atoms with Gasteiger partial charge in [0.15, 0.2) is 0 Å². The average molecular weight is 364 g/mol. The van der Waals surface area contributed by atoms with E-state index in [2.05, 4.69) is 29.5 Å². The molecule has 2 atom stereocenters. The highest BCUT2D eigenvalue weighted by Gasteiger charge is 2.35. The van der Waals surface area contributed by atoms with Gasteiger partial charge in [-0.25, -0.2) is 0 Å². The maximum atomic E-state index is 12.7. The molecule has 0 aliphatic carbocycles. The fraction of sp³-hybridized carbons (Fsp3) is 0.286. The van der Waals surface area contributed by atoms with E-state index in [4.69, 9.17) is 5.73 Å². The molecule has 27 heavy (non-hydrogen) atoms. The van der Waals surface area contributed by atoms with Crippen LogP contribution >= 0.6 is 0 Å². The van der Waals surface area contributed by atoms with Gasteiger partial charge < -0.3 is 11.1 Å². The number of carbonyl (C=O) groups excluding carboxylic acids is 2. The molecule has 6 nitrogen and oxygen atoms in total. The minimum Gasteiger partial charge on any atom is -0.368 e. The largest absolute Gasteiger partial charge is 0.368 e. The molecule has 140 valence electrons. The highest BCUT2D eigenvalue weighted by molar-refractivity contribution is 6.40. The van der Waals surface area contributed by atoms with Crippen LogP contribution in [0.15, 0.2) is 59.7 Å². The van der Waals surface area contributed by atoms with E-state index in [1.165, 1.54) is 10.6 Å². The number of hydrogen-bond donors (Lipinski definition) is 2. The first-order valence-electron chi connectivity index (χ1n) is 9.10. The fourth-order valence-electron chi connectivity index (χ4n) is 3.09. The monoisotopic (exact) mass is 364 g/mol. The molecule has 1 aliphatic heterocycles. The van der Waals surface area contributed by atoms with E-state index in [9.17, 15) is 9.59 Å². The van der Waals surface area contributed by atoms with E-state index >= 15 is 0 Å². The Bertz CT molecular complexity index is 846. The van der Waals surface area contributed by atoms with Crippen LogP contribution in [-0.4, -0.2) is 23.6 Å². The van der Waals surface area contributed by atoms with Crippen molar-refractivity contribution in [3.05, 3.63) is 65.7 Å². The van der Waals surface area contributed by atoms with Gasteiger partial charge in [0.05, 0.1) is 11.7 Å². The lowest BCUT2D eigenvalue weighted by Crippen LogP contribution is -2.40. The van der Waals surface area contributed by atoms with Gasteiger partial charge in [0, 0.05) is 6.42 Å². The minimum atomic E-state index is -0.660. The molecule has 1 aliphatic rings. The highest BCUT2D eigenvalue weighted by atomic mass is 16.2. The second-order valence-corrected chi connectivity index (χ2v) is 6.64. The predicted octanol–water partition coefficient (Wildman–Crippen LogP) is 2.55. The average Bonchev–Trinajstić information content (AvgIpc) is 3.14. The van der Waals surface area contributed by atoms with Crippen LogP contribution in [0.25, 0.3) is 0 Å². The summed E-state index contributed by atoms with van der Waals surface area (Å²) in [5.41, 5.74) is 8.83. The molecule has 2 aromatic carbocycles. The number of rotatable bonds is 6. The number of hydrogen-bond acceptors (Lipinski definition) is 4. The zero-order chi connectivity index (χ0) is 19.4. The van der Waals surface area contributed by atoms with Crippen molar-refractivity contribution < 1.29 is 9.59 Å². The number of aryl methyl sites for hydroxylation is 1. The van der Waals surface area contributed by atoms with Crippen molar-refractivity contribution in [3.63, 3.8) is 0 Å². The first-order chi connectivity index (χ1) is 13.0. The van der Waals surface area contributed by atoms with Gasteiger partial charge in [-0.3, -0.25) is 14.6 Å². The van der Waals surface area contributed by atoms with Crippen LogP contribution < -0.4 is 16.1 Å². The van der Waals surface area contributed by atoms with Gasteiger partial charge in [-0.1, -0.05) is 49.4 Å². The standard InChI is InChI=1S/C21H24N4O2/c1-3-15-9-11-16(12-10-15)14(2)23-21(27)18-13-19(20(22)26)25(24-18)17-7-5-4-6-8-17/h4-12,14,19H,3,13H2,1-2H3,(H2,22,26)(H,23,27).